The monoisotopic (exact) mass is 299 g/mol. The van der Waals surface area contributed by atoms with Crippen LogP contribution in [0, 0.1) is 0 Å². The number of fused-ring (bicyclic) bond motifs is 2. The third-order valence-corrected chi connectivity index (χ3v) is 6.88. The van der Waals surface area contributed by atoms with Crippen molar-refractivity contribution >= 4 is 27.6 Å². The van der Waals surface area contributed by atoms with Crippen LogP contribution in [0.2, 0.25) is 0 Å². The second kappa shape index (κ2) is 4.22. The Hall–Kier alpha value is -1.05. The average molecular weight is 299 g/mol. The Kier molecular flexibility index (Phi) is 2.88. The summed E-state index contributed by atoms with van der Waals surface area (Å²) >= 11 is 1.49. The molecule has 0 aliphatic carbocycles. The maximum atomic E-state index is 12.1. The Morgan fingerprint density at radius 2 is 2.16 bits per heavy atom. The topological polar surface area (TPSA) is 83.5 Å². The SMILES string of the molecule is O=C(O)C1CSC2(CCS(=O)(=O)c3ccccc32)N1. The van der Waals surface area contributed by atoms with Gasteiger partial charge in [-0.2, -0.15) is 0 Å². The Bertz CT molecular complexity index is 643. The lowest BCUT2D eigenvalue weighted by atomic mass is 10.0. The molecule has 2 unspecified atom stereocenters. The minimum absolute atomic E-state index is 0.0519. The van der Waals surface area contributed by atoms with Crippen LogP contribution in [0.3, 0.4) is 0 Å². The maximum absolute atomic E-state index is 12.1. The predicted octanol–water partition coefficient (Wildman–Crippen LogP) is 0.806. The average Bonchev–Trinajstić information content (AvgIpc) is 2.81. The summed E-state index contributed by atoms with van der Waals surface area (Å²) in [4.78, 5) is 10.8. The number of benzene rings is 1. The van der Waals surface area contributed by atoms with Crippen molar-refractivity contribution in [2.45, 2.75) is 22.2 Å². The summed E-state index contributed by atoms with van der Waals surface area (Å²) in [6, 6.07) is 6.23. The van der Waals surface area contributed by atoms with Gasteiger partial charge in [-0.1, -0.05) is 18.2 Å². The molecule has 102 valence electrons. The van der Waals surface area contributed by atoms with E-state index in [0.717, 1.165) is 0 Å². The number of carboxylic acid groups (broad SMARTS) is 1. The van der Waals surface area contributed by atoms with Gasteiger partial charge in [0, 0.05) is 11.3 Å². The van der Waals surface area contributed by atoms with Crippen molar-refractivity contribution in [3.63, 3.8) is 0 Å². The van der Waals surface area contributed by atoms with Crippen molar-refractivity contribution < 1.29 is 18.3 Å². The van der Waals surface area contributed by atoms with Crippen LogP contribution >= 0.6 is 11.8 Å². The number of hydrogen-bond donors (Lipinski definition) is 2. The van der Waals surface area contributed by atoms with Crippen molar-refractivity contribution in [3.05, 3.63) is 29.8 Å². The van der Waals surface area contributed by atoms with E-state index in [1.807, 2.05) is 0 Å². The molecule has 7 heteroatoms. The fourth-order valence-electron chi connectivity index (χ4n) is 2.62. The lowest BCUT2D eigenvalue weighted by Crippen LogP contribution is -2.46. The zero-order valence-electron chi connectivity index (χ0n) is 10.00. The molecule has 1 spiro atoms. The fourth-order valence-corrected chi connectivity index (χ4v) is 5.95. The van der Waals surface area contributed by atoms with E-state index in [0.29, 0.717) is 22.6 Å². The van der Waals surface area contributed by atoms with Gasteiger partial charge in [0.05, 0.1) is 15.5 Å². The highest BCUT2D eigenvalue weighted by molar-refractivity contribution is 8.00. The van der Waals surface area contributed by atoms with Crippen molar-refractivity contribution in [2.24, 2.45) is 0 Å². The molecule has 0 radical (unpaired) electrons. The van der Waals surface area contributed by atoms with Gasteiger partial charge >= 0.3 is 5.97 Å². The Morgan fingerprint density at radius 1 is 1.42 bits per heavy atom. The van der Waals surface area contributed by atoms with E-state index in [4.69, 9.17) is 5.11 Å². The summed E-state index contributed by atoms with van der Waals surface area (Å²) in [5.41, 5.74) is 0.690. The van der Waals surface area contributed by atoms with Crippen LogP contribution in [0.4, 0.5) is 0 Å². The molecule has 2 aliphatic heterocycles. The zero-order valence-corrected chi connectivity index (χ0v) is 11.6. The summed E-state index contributed by atoms with van der Waals surface area (Å²) in [5, 5.41) is 12.2. The first-order valence-electron chi connectivity index (χ1n) is 5.91. The van der Waals surface area contributed by atoms with Gasteiger partial charge in [0.15, 0.2) is 9.84 Å². The minimum Gasteiger partial charge on any atom is -0.480 e. The number of nitrogens with one attached hydrogen (secondary N) is 1. The molecular weight excluding hydrogens is 286 g/mol. The van der Waals surface area contributed by atoms with Crippen LogP contribution in [0.1, 0.15) is 12.0 Å². The first-order chi connectivity index (χ1) is 8.95. The summed E-state index contributed by atoms with van der Waals surface area (Å²) in [7, 11) is -3.24. The Balaban J connectivity index is 2.09. The van der Waals surface area contributed by atoms with Crippen LogP contribution in [-0.2, 0) is 19.5 Å². The highest BCUT2D eigenvalue weighted by Crippen LogP contribution is 2.48. The van der Waals surface area contributed by atoms with Crippen molar-refractivity contribution in [2.75, 3.05) is 11.5 Å². The number of rotatable bonds is 1. The molecule has 2 aliphatic rings. The van der Waals surface area contributed by atoms with E-state index in [9.17, 15) is 13.2 Å². The van der Waals surface area contributed by atoms with Crippen LogP contribution < -0.4 is 5.32 Å². The predicted molar refractivity (Wildman–Crippen MR) is 71.8 cm³/mol. The number of sulfone groups is 1. The van der Waals surface area contributed by atoms with Gasteiger partial charge < -0.3 is 5.11 Å². The molecule has 1 aromatic carbocycles. The lowest BCUT2D eigenvalue weighted by Gasteiger charge is -2.35. The second-order valence-corrected chi connectivity index (χ2v) is 8.13. The number of carboxylic acids is 1. The number of carbonyl (C=O) groups is 1. The standard InChI is InChI=1S/C12H13NO4S2/c14-11(15)9-7-18-12(13-9)5-6-19(16,17)10-4-2-1-3-8(10)12/h1-4,9,13H,5-7H2,(H,14,15). The van der Waals surface area contributed by atoms with Gasteiger partial charge in [0.2, 0.25) is 0 Å². The van der Waals surface area contributed by atoms with E-state index in [1.54, 1.807) is 24.3 Å². The largest absolute Gasteiger partial charge is 0.480 e. The van der Waals surface area contributed by atoms with Crippen LogP contribution in [0.25, 0.3) is 0 Å². The van der Waals surface area contributed by atoms with Gasteiger partial charge in [0.25, 0.3) is 0 Å². The first kappa shape index (κ1) is 13.0. The summed E-state index contributed by atoms with van der Waals surface area (Å²) in [6.07, 6.45) is 0.404. The molecule has 0 bridgehead atoms. The fraction of sp³-hybridized carbons (Fsp3) is 0.417. The van der Waals surface area contributed by atoms with Crippen LogP contribution in [0.5, 0.6) is 0 Å². The summed E-state index contributed by atoms with van der Waals surface area (Å²) < 4.78 is 24.2. The molecule has 0 aromatic heterocycles. The molecule has 0 saturated carbocycles. The molecular formula is C12H13NO4S2. The molecule has 3 rings (SSSR count). The molecule has 1 fully saturated rings. The van der Waals surface area contributed by atoms with Gasteiger partial charge in [-0.05, 0) is 12.5 Å². The van der Waals surface area contributed by atoms with Crippen LogP contribution in [-0.4, -0.2) is 37.0 Å². The Morgan fingerprint density at radius 3 is 2.84 bits per heavy atom. The lowest BCUT2D eigenvalue weighted by molar-refractivity contribution is -0.138. The third-order valence-electron chi connectivity index (χ3n) is 3.58. The highest BCUT2D eigenvalue weighted by Gasteiger charge is 2.48. The molecule has 19 heavy (non-hydrogen) atoms. The smallest absolute Gasteiger partial charge is 0.321 e. The maximum Gasteiger partial charge on any atom is 0.321 e. The first-order valence-corrected chi connectivity index (χ1v) is 8.55. The van der Waals surface area contributed by atoms with E-state index in [-0.39, 0.29) is 5.75 Å². The number of thioether (sulfide) groups is 1. The van der Waals surface area contributed by atoms with E-state index in [2.05, 4.69) is 5.32 Å². The number of aliphatic carboxylic acids is 1. The molecule has 5 nitrogen and oxygen atoms in total. The number of hydrogen-bond acceptors (Lipinski definition) is 5. The normalized spacial score (nSPS) is 32.1. The highest BCUT2D eigenvalue weighted by atomic mass is 32.2. The molecule has 2 N–H and O–H groups in total. The van der Waals surface area contributed by atoms with Gasteiger partial charge in [-0.25, -0.2) is 8.42 Å². The van der Waals surface area contributed by atoms with Crippen molar-refractivity contribution in [1.29, 1.82) is 0 Å². The third kappa shape index (κ3) is 1.96. The molecule has 1 saturated heterocycles. The van der Waals surface area contributed by atoms with E-state index in [1.165, 1.54) is 11.8 Å². The molecule has 2 atom stereocenters. The van der Waals surface area contributed by atoms with E-state index >= 15 is 0 Å². The van der Waals surface area contributed by atoms with Crippen molar-refractivity contribution in [3.8, 4) is 0 Å². The summed E-state index contributed by atoms with van der Waals surface area (Å²) in [5.74, 6) is -0.393. The minimum atomic E-state index is -3.24. The molecule has 1 aromatic rings. The second-order valence-electron chi connectivity index (χ2n) is 4.74. The molecule has 2 heterocycles. The van der Waals surface area contributed by atoms with Gasteiger partial charge in [-0.3, -0.25) is 10.1 Å². The van der Waals surface area contributed by atoms with E-state index < -0.39 is 26.7 Å². The van der Waals surface area contributed by atoms with Gasteiger partial charge in [0.1, 0.15) is 6.04 Å². The van der Waals surface area contributed by atoms with Crippen molar-refractivity contribution in [1.82, 2.24) is 5.32 Å². The quantitative estimate of drug-likeness (QED) is 0.798. The van der Waals surface area contributed by atoms with Crippen LogP contribution in [0.15, 0.2) is 29.2 Å². The van der Waals surface area contributed by atoms with Gasteiger partial charge in [-0.15, -0.1) is 11.8 Å². The zero-order chi connectivity index (χ0) is 13.7. The molecule has 0 amide bonds. The Labute approximate surface area is 115 Å². The summed E-state index contributed by atoms with van der Waals surface area (Å²) in [6.45, 7) is 0.